The zero-order valence-electron chi connectivity index (χ0n) is 12.2. The Kier molecular flexibility index (Phi) is 4.56. The molecule has 0 unspecified atom stereocenters. The molecule has 20 heavy (non-hydrogen) atoms. The highest BCUT2D eigenvalue weighted by molar-refractivity contribution is 5.30. The molecule has 0 saturated heterocycles. The summed E-state index contributed by atoms with van der Waals surface area (Å²) >= 11 is 0. The van der Waals surface area contributed by atoms with Crippen LogP contribution < -0.4 is 5.32 Å². The molecule has 2 N–H and O–H groups in total. The fourth-order valence-electron chi connectivity index (χ4n) is 1.95. The van der Waals surface area contributed by atoms with Gasteiger partial charge in [0, 0.05) is 17.9 Å². The van der Waals surface area contributed by atoms with Crippen molar-refractivity contribution in [3.8, 4) is 5.75 Å². The van der Waals surface area contributed by atoms with Crippen molar-refractivity contribution < 1.29 is 5.11 Å². The number of rotatable bonds is 5. The van der Waals surface area contributed by atoms with E-state index in [1.54, 1.807) is 12.1 Å². The topological polar surface area (TPSA) is 58.0 Å². The quantitative estimate of drug-likeness (QED) is 0.876. The molecule has 0 aliphatic rings. The third-order valence-electron chi connectivity index (χ3n) is 3.10. The molecule has 0 amide bonds. The van der Waals surface area contributed by atoms with Crippen LogP contribution in [0.15, 0.2) is 30.3 Å². The summed E-state index contributed by atoms with van der Waals surface area (Å²) in [6.45, 7) is 7.01. The standard InChI is InChI=1S/C16H21N3O/c1-11(2)15-10-12(3)18-16(19-15)17-9-8-13-4-6-14(20)7-5-13/h4-7,10-11,20H,8-9H2,1-3H3,(H,17,18,19). The Morgan fingerprint density at radius 2 is 1.85 bits per heavy atom. The Balaban J connectivity index is 1.95. The fourth-order valence-corrected chi connectivity index (χ4v) is 1.95. The van der Waals surface area contributed by atoms with E-state index in [2.05, 4.69) is 29.1 Å². The summed E-state index contributed by atoms with van der Waals surface area (Å²) in [6.07, 6.45) is 0.870. The summed E-state index contributed by atoms with van der Waals surface area (Å²) in [5, 5.41) is 12.5. The maximum Gasteiger partial charge on any atom is 0.223 e. The van der Waals surface area contributed by atoms with Crippen LogP contribution in [0.5, 0.6) is 5.75 Å². The van der Waals surface area contributed by atoms with Gasteiger partial charge in [0.1, 0.15) is 5.75 Å². The first-order valence-electron chi connectivity index (χ1n) is 6.92. The molecule has 2 rings (SSSR count). The molecule has 1 aromatic carbocycles. The van der Waals surface area contributed by atoms with E-state index >= 15 is 0 Å². The predicted molar refractivity (Wildman–Crippen MR) is 81.2 cm³/mol. The summed E-state index contributed by atoms with van der Waals surface area (Å²) in [5.41, 5.74) is 3.22. The van der Waals surface area contributed by atoms with Gasteiger partial charge in [0.15, 0.2) is 0 Å². The highest BCUT2D eigenvalue weighted by Gasteiger charge is 2.05. The van der Waals surface area contributed by atoms with Crippen molar-refractivity contribution in [2.45, 2.75) is 33.1 Å². The second kappa shape index (κ2) is 6.37. The minimum Gasteiger partial charge on any atom is -0.508 e. The minimum atomic E-state index is 0.297. The van der Waals surface area contributed by atoms with Gasteiger partial charge in [0.05, 0.1) is 0 Å². The van der Waals surface area contributed by atoms with Crippen LogP contribution in [0.3, 0.4) is 0 Å². The summed E-state index contributed by atoms with van der Waals surface area (Å²) in [7, 11) is 0. The van der Waals surface area contributed by atoms with Crippen LogP contribution in [0.25, 0.3) is 0 Å². The molecule has 0 aliphatic heterocycles. The van der Waals surface area contributed by atoms with Crippen LogP contribution in [0, 0.1) is 6.92 Å². The van der Waals surface area contributed by atoms with Crippen LogP contribution in [0.4, 0.5) is 5.95 Å². The van der Waals surface area contributed by atoms with Crippen molar-refractivity contribution in [1.29, 1.82) is 0 Å². The van der Waals surface area contributed by atoms with Gasteiger partial charge in [-0.25, -0.2) is 9.97 Å². The molecule has 0 aliphatic carbocycles. The van der Waals surface area contributed by atoms with Crippen LogP contribution >= 0.6 is 0 Å². The Hall–Kier alpha value is -2.10. The number of hydrogen-bond acceptors (Lipinski definition) is 4. The van der Waals surface area contributed by atoms with E-state index in [1.165, 1.54) is 5.56 Å². The Morgan fingerprint density at radius 3 is 2.50 bits per heavy atom. The van der Waals surface area contributed by atoms with Crippen molar-refractivity contribution in [3.05, 3.63) is 47.3 Å². The van der Waals surface area contributed by atoms with E-state index in [1.807, 2.05) is 25.1 Å². The monoisotopic (exact) mass is 271 g/mol. The summed E-state index contributed by atoms with van der Waals surface area (Å²) in [6, 6.07) is 9.28. The molecule has 4 heteroatoms. The number of nitrogens with one attached hydrogen (secondary N) is 1. The number of benzene rings is 1. The number of hydrogen-bond donors (Lipinski definition) is 2. The molecule has 0 radical (unpaired) electrons. The van der Waals surface area contributed by atoms with Crippen molar-refractivity contribution in [1.82, 2.24) is 9.97 Å². The van der Waals surface area contributed by atoms with Crippen LogP contribution in [0.2, 0.25) is 0 Å². The zero-order valence-corrected chi connectivity index (χ0v) is 12.2. The summed E-state index contributed by atoms with van der Waals surface area (Å²) in [4.78, 5) is 8.92. The average molecular weight is 271 g/mol. The zero-order chi connectivity index (χ0) is 14.5. The molecule has 106 valence electrons. The molecule has 0 atom stereocenters. The molecular weight excluding hydrogens is 250 g/mol. The van der Waals surface area contributed by atoms with Crippen LogP contribution in [-0.4, -0.2) is 21.6 Å². The summed E-state index contributed by atoms with van der Waals surface area (Å²) in [5.74, 6) is 1.38. The third kappa shape index (κ3) is 3.95. The van der Waals surface area contributed by atoms with E-state index in [0.717, 1.165) is 24.4 Å². The lowest BCUT2D eigenvalue weighted by molar-refractivity contribution is 0.475. The van der Waals surface area contributed by atoms with E-state index in [4.69, 9.17) is 0 Å². The Labute approximate surface area is 119 Å². The number of aromatic hydroxyl groups is 1. The first kappa shape index (κ1) is 14.3. The lowest BCUT2D eigenvalue weighted by Gasteiger charge is -2.10. The van der Waals surface area contributed by atoms with Crippen molar-refractivity contribution >= 4 is 5.95 Å². The van der Waals surface area contributed by atoms with Crippen LogP contribution in [0.1, 0.15) is 36.7 Å². The molecule has 0 spiro atoms. The number of nitrogens with zero attached hydrogens (tertiary/aromatic N) is 2. The number of phenolic OH excluding ortho intramolecular Hbond substituents is 1. The summed E-state index contributed by atoms with van der Waals surface area (Å²) < 4.78 is 0. The van der Waals surface area contributed by atoms with Gasteiger partial charge in [-0.3, -0.25) is 0 Å². The van der Waals surface area contributed by atoms with Crippen molar-refractivity contribution in [3.63, 3.8) is 0 Å². The lowest BCUT2D eigenvalue weighted by Crippen LogP contribution is -2.10. The van der Waals surface area contributed by atoms with Gasteiger partial charge < -0.3 is 10.4 Å². The second-order valence-corrected chi connectivity index (χ2v) is 5.26. The SMILES string of the molecule is Cc1cc(C(C)C)nc(NCCc2ccc(O)cc2)n1. The molecular formula is C16H21N3O. The van der Waals surface area contributed by atoms with Crippen molar-refractivity contribution in [2.24, 2.45) is 0 Å². The Bertz CT molecular complexity index is 564. The van der Waals surface area contributed by atoms with Gasteiger partial charge in [0.2, 0.25) is 5.95 Å². The maximum atomic E-state index is 9.24. The van der Waals surface area contributed by atoms with Crippen molar-refractivity contribution in [2.75, 3.05) is 11.9 Å². The molecule has 0 bridgehead atoms. The largest absolute Gasteiger partial charge is 0.508 e. The number of aryl methyl sites for hydroxylation is 1. The molecule has 1 heterocycles. The molecule has 0 saturated carbocycles. The normalized spacial score (nSPS) is 10.8. The van der Waals surface area contributed by atoms with Gasteiger partial charge in [-0.15, -0.1) is 0 Å². The maximum absolute atomic E-state index is 9.24. The molecule has 2 aromatic rings. The van der Waals surface area contributed by atoms with Gasteiger partial charge in [-0.1, -0.05) is 26.0 Å². The smallest absolute Gasteiger partial charge is 0.223 e. The predicted octanol–water partition coefficient (Wildman–Crippen LogP) is 3.27. The fraction of sp³-hybridized carbons (Fsp3) is 0.375. The van der Waals surface area contributed by atoms with E-state index in [0.29, 0.717) is 17.6 Å². The van der Waals surface area contributed by atoms with Gasteiger partial charge in [0.25, 0.3) is 0 Å². The first-order chi connectivity index (χ1) is 9.54. The minimum absolute atomic E-state index is 0.297. The van der Waals surface area contributed by atoms with Gasteiger partial charge >= 0.3 is 0 Å². The van der Waals surface area contributed by atoms with Gasteiger partial charge in [-0.2, -0.15) is 0 Å². The molecule has 1 aromatic heterocycles. The Morgan fingerprint density at radius 1 is 1.15 bits per heavy atom. The van der Waals surface area contributed by atoms with E-state index in [-0.39, 0.29) is 0 Å². The highest BCUT2D eigenvalue weighted by atomic mass is 16.3. The average Bonchev–Trinajstić information content (AvgIpc) is 2.40. The van der Waals surface area contributed by atoms with E-state index in [9.17, 15) is 5.11 Å². The van der Waals surface area contributed by atoms with Gasteiger partial charge in [-0.05, 0) is 43.0 Å². The number of phenols is 1. The molecule has 0 fully saturated rings. The first-order valence-corrected chi connectivity index (χ1v) is 6.92. The molecule has 4 nitrogen and oxygen atoms in total. The number of aromatic nitrogens is 2. The van der Waals surface area contributed by atoms with Crippen LogP contribution in [-0.2, 0) is 6.42 Å². The lowest BCUT2D eigenvalue weighted by atomic mass is 10.1. The number of anilines is 1. The third-order valence-corrected chi connectivity index (χ3v) is 3.10. The second-order valence-electron chi connectivity index (χ2n) is 5.26. The highest BCUT2D eigenvalue weighted by Crippen LogP contribution is 2.14. The van der Waals surface area contributed by atoms with E-state index < -0.39 is 0 Å².